The first-order chi connectivity index (χ1) is 7.04. The molecule has 2 aliphatic rings. The molecule has 0 saturated carbocycles. The molecular weight excluding hydrogens is 190 g/mol. The Kier molecular flexibility index (Phi) is 2.73. The first kappa shape index (κ1) is 10.9. The summed E-state index contributed by atoms with van der Waals surface area (Å²) in [7, 11) is 0. The lowest BCUT2D eigenvalue weighted by Gasteiger charge is -2.45. The molecule has 4 nitrogen and oxygen atoms in total. The molecule has 0 spiro atoms. The average Bonchev–Trinajstić information content (AvgIpc) is 2.60. The van der Waals surface area contributed by atoms with Crippen LogP contribution < -0.4 is 5.73 Å². The zero-order valence-electron chi connectivity index (χ0n) is 9.70. The first-order valence-corrected chi connectivity index (χ1v) is 5.79. The van der Waals surface area contributed by atoms with Gasteiger partial charge in [0, 0.05) is 44.2 Å². The lowest BCUT2D eigenvalue weighted by atomic mass is 10.00. The van der Waals surface area contributed by atoms with Gasteiger partial charge in [-0.05, 0) is 20.3 Å². The number of piperazine rings is 1. The highest BCUT2D eigenvalue weighted by atomic mass is 16.2. The van der Waals surface area contributed by atoms with Gasteiger partial charge in [0.25, 0.3) is 0 Å². The summed E-state index contributed by atoms with van der Waals surface area (Å²) in [6.07, 6.45) is 1.76. The Labute approximate surface area is 91.4 Å². The maximum Gasteiger partial charge on any atom is 0.222 e. The lowest BCUT2D eigenvalue weighted by molar-refractivity contribution is -0.131. The van der Waals surface area contributed by atoms with Gasteiger partial charge in [0.1, 0.15) is 0 Å². The molecular formula is C11H21N3O. The Morgan fingerprint density at radius 3 is 2.87 bits per heavy atom. The molecule has 0 radical (unpaired) electrons. The Balaban J connectivity index is 2.02. The molecule has 15 heavy (non-hydrogen) atoms. The fourth-order valence-electron chi connectivity index (χ4n) is 2.54. The maximum absolute atomic E-state index is 11.5. The highest BCUT2D eigenvalue weighted by Gasteiger charge is 2.39. The van der Waals surface area contributed by atoms with Crippen molar-refractivity contribution in [2.45, 2.75) is 38.3 Å². The zero-order chi connectivity index (χ0) is 11.1. The highest BCUT2D eigenvalue weighted by Crippen LogP contribution is 2.26. The van der Waals surface area contributed by atoms with Crippen molar-refractivity contribution in [2.24, 2.45) is 5.73 Å². The van der Waals surface area contributed by atoms with E-state index in [9.17, 15) is 4.79 Å². The van der Waals surface area contributed by atoms with Crippen LogP contribution in [0.5, 0.6) is 0 Å². The van der Waals surface area contributed by atoms with Gasteiger partial charge in [-0.1, -0.05) is 0 Å². The van der Waals surface area contributed by atoms with Gasteiger partial charge < -0.3 is 10.6 Å². The smallest absolute Gasteiger partial charge is 0.222 e. The van der Waals surface area contributed by atoms with Gasteiger partial charge in [0.2, 0.25) is 5.91 Å². The lowest BCUT2D eigenvalue weighted by Crippen LogP contribution is -2.60. The van der Waals surface area contributed by atoms with Crippen LogP contribution >= 0.6 is 0 Å². The summed E-state index contributed by atoms with van der Waals surface area (Å²) in [5.41, 5.74) is 5.85. The van der Waals surface area contributed by atoms with Gasteiger partial charge in [-0.2, -0.15) is 0 Å². The molecule has 0 aliphatic carbocycles. The van der Waals surface area contributed by atoms with Crippen molar-refractivity contribution in [1.29, 1.82) is 0 Å². The second-order valence-corrected chi connectivity index (χ2v) is 5.24. The molecule has 2 saturated heterocycles. The van der Waals surface area contributed by atoms with Crippen LogP contribution in [0.2, 0.25) is 0 Å². The molecule has 0 aromatic rings. The number of nitrogens with zero attached hydrogens (tertiary/aromatic N) is 2. The standard InChI is InChI=1S/C11H21N3O/c1-11(2,8-12)13-5-6-14-9(7-13)3-4-10(14)15/h9H,3-8,12H2,1-2H3. The van der Waals surface area contributed by atoms with E-state index in [0.717, 1.165) is 32.5 Å². The topological polar surface area (TPSA) is 49.6 Å². The minimum atomic E-state index is 0.0672. The van der Waals surface area contributed by atoms with E-state index in [-0.39, 0.29) is 5.54 Å². The van der Waals surface area contributed by atoms with E-state index in [2.05, 4.69) is 18.7 Å². The van der Waals surface area contributed by atoms with Crippen molar-refractivity contribution in [1.82, 2.24) is 9.80 Å². The predicted molar refractivity (Wildman–Crippen MR) is 59.4 cm³/mol. The summed E-state index contributed by atoms with van der Waals surface area (Å²) in [6.45, 7) is 7.88. The minimum Gasteiger partial charge on any atom is -0.337 e. The second-order valence-electron chi connectivity index (χ2n) is 5.24. The number of hydrogen-bond acceptors (Lipinski definition) is 3. The van der Waals surface area contributed by atoms with E-state index in [4.69, 9.17) is 5.73 Å². The maximum atomic E-state index is 11.5. The van der Waals surface area contributed by atoms with Crippen molar-refractivity contribution in [3.8, 4) is 0 Å². The van der Waals surface area contributed by atoms with Crippen molar-refractivity contribution in [2.75, 3.05) is 26.2 Å². The van der Waals surface area contributed by atoms with E-state index >= 15 is 0 Å². The van der Waals surface area contributed by atoms with Crippen LogP contribution in [-0.2, 0) is 4.79 Å². The zero-order valence-corrected chi connectivity index (χ0v) is 9.70. The molecule has 2 fully saturated rings. The van der Waals surface area contributed by atoms with Crippen molar-refractivity contribution in [3.05, 3.63) is 0 Å². The number of nitrogens with two attached hydrogens (primary N) is 1. The minimum absolute atomic E-state index is 0.0672. The molecule has 1 amide bonds. The normalized spacial score (nSPS) is 28.3. The van der Waals surface area contributed by atoms with Crippen LogP contribution in [0.15, 0.2) is 0 Å². The summed E-state index contributed by atoms with van der Waals surface area (Å²) in [6, 6.07) is 0.442. The van der Waals surface area contributed by atoms with Crippen LogP contribution in [-0.4, -0.2) is 53.5 Å². The highest BCUT2D eigenvalue weighted by molar-refractivity contribution is 5.78. The van der Waals surface area contributed by atoms with Crippen LogP contribution in [0.25, 0.3) is 0 Å². The predicted octanol–water partition coefficient (Wildman–Crippen LogP) is 0.0303. The molecule has 4 heteroatoms. The molecule has 0 bridgehead atoms. The molecule has 2 heterocycles. The third-order valence-corrected chi connectivity index (χ3v) is 3.85. The molecule has 0 aromatic carbocycles. The van der Waals surface area contributed by atoms with Gasteiger partial charge in [0.15, 0.2) is 0 Å². The third-order valence-electron chi connectivity index (χ3n) is 3.85. The summed E-state index contributed by atoms with van der Waals surface area (Å²) < 4.78 is 0. The van der Waals surface area contributed by atoms with Crippen molar-refractivity contribution >= 4 is 5.91 Å². The van der Waals surface area contributed by atoms with Gasteiger partial charge >= 0.3 is 0 Å². The molecule has 2 N–H and O–H groups in total. The SMILES string of the molecule is CC(C)(CN)N1CCN2C(=O)CCC2C1. The summed E-state index contributed by atoms with van der Waals surface area (Å²) in [4.78, 5) is 16.0. The van der Waals surface area contributed by atoms with E-state index in [1.807, 2.05) is 4.90 Å². The Hall–Kier alpha value is -0.610. The third kappa shape index (κ3) is 1.88. The van der Waals surface area contributed by atoms with Gasteiger partial charge in [0.05, 0.1) is 0 Å². The molecule has 2 rings (SSSR count). The van der Waals surface area contributed by atoms with E-state index < -0.39 is 0 Å². The van der Waals surface area contributed by atoms with Gasteiger partial charge in [-0.25, -0.2) is 0 Å². The Morgan fingerprint density at radius 2 is 2.20 bits per heavy atom. The van der Waals surface area contributed by atoms with E-state index in [1.165, 1.54) is 0 Å². The summed E-state index contributed by atoms with van der Waals surface area (Å²) in [5.74, 6) is 0.338. The van der Waals surface area contributed by atoms with Crippen molar-refractivity contribution < 1.29 is 4.79 Å². The second kappa shape index (κ2) is 3.76. The summed E-state index contributed by atoms with van der Waals surface area (Å²) >= 11 is 0. The number of carbonyl (C=O) groups is 1. The molecule has 0 aromatic heterocycles. The molecule has 1 atom stereocenters. The van der Waals surface area contributed by atoms with Crippen molar-refractivity contribution in [3.63, 3.8) is 0 Å². The number of hydrogen-bond donors (Lipinski definition) is 1. The number of fused-ring (bicyclic) bond motifs is 1. The van der Waals surface area contributed by atoms with Crippen LogP contribution in [0.3, 0.4) is 0 Å². The van der Waals surface area contributed by atoms with Crippen LogP contribution in [0, 0.1) is 0 Å². The molecule has 86 valence electrons. The first-order valence-electron chi connectivity index (χ1n) is 5.79. The Bertz CT molecular complexity index is 265. The number of carbonyl (C=O) groups excluding carboxylic acids is 1. The van der Waals surface area contributed by atoms with E-state index in [0.29, 0.717) is 18.5 Å². The average molecular weight is 211 g/mol. The van der Waals surface area contributed by atoms with Crippen LogP contribution in [0.4, 0.5) is 0 Å². The molecule has 1 unspecified atom stereocenters. The van der Waals surface area contributed by atoms with Crippen LogP contribution in [0.1, 0.15) is 26.7 Å². The molecule has 2 aliphatic heterocycles. The number of rotatable bonds is 2. The van der Waals surface area contributed by atoms with Gasteiger partial charge in [-0.3, -0.25) is 9.69 Å². The largest absolute Gasteiger partial charge is 0.337 e. The summed E-state index contributed by atoms with van der Waals surface area (Å²) in [5, 5.41) is 0. The fourth-order valence-corrected chi connectivity index (χ4v) is 2.54. The number of amides is 1. The van der Waals surface area contributed by atoms with Gasteiger partial charge in [-0.15, -0.1) is 0 Å². The Morgan fingerprint density at radius 1 is 1.47 bits per heavy atom. The quantitative estimate of drug-likeness (QED) is 0.701. The monoisotopic (exact) mass is 211 g/mol. The fraction of sp³-hybridized carbons (Fsp3) is 0.909. The van der Waals surface area contributed by atoms with E-state index in [1.54, 1.807) is 0 Å².